The summed E-state index contributed by atoms with van der Waals surface area (Å²) in [6.07, 6.45) is 3.74. The van der Waals surface area contributed by atoms with Gasteiger partial charge < -0.3 is 14.8 Å². The first-order chi connectivity index (χ1) is 15.1. The van der Waals surface area contributed by atoms with Crippen molar-refractivity contribution >= 4 is 11.7 Å². The van der Waals surface area contributed by atoms with Gasteiger partial charge in [0, 0.05) is 17.7 Å². The van der Waals surface area contributed by atoms with Gasteiger partial charge in [-0.25, -0.2) is 4.68 Å². The molecule has 1 aromatic heterocycles. The summed E-state index contributed by atoms with van der Waals surface area (Å²) in [5, 5.41) is 7.67. The minimum atomic E-state index is -0.332. The molecule has 1 atom stereocenters. The van der Waals surface area contributed by atoms with Crippen LogP contribution in [-0.4, -0.2) is 27.7 Å². The smallest absolute Gasteiger partial charge is 0.226 e. The molecular formula is C24H24N4O3. The zero-order valence-electron chi connectivity index (χ0n) is 17.6. The Morgan fingerprint density at radius 2 is 2.06 bits per heavy atom. The Kier molecular flexibility index (Phi) is 4.94. The van der Waals surface area contributed by atoms with Crippen LogP contribution in [0.4, 0.5) is 5.95 Å². The highest BCUT2D eigenvalue weighted by Crippen LogP contribution is 2.41. The molecule has 0 saturated carbocycles. The molecule has 0 radical (unpaired) electrons. The van der Waals surface area contributed by atoms with Crippen LogP contribution >= 0.6 is 0 Å². The first-order valence-corrected chi connectivity index (χ1v) is 10.4. The molecule has 2 heterocycles. The Bertz CT molecular complexity index is 1180. The zero-order chi connectivity index (χ0) is 21.4. The molecule has 3 aromatic rings. The lowest BCUT2D eigenvalue weighted by Crippen LogP contribution is -2.31. The summed E-state index contributed by atoms with van der Waals surface area (Å²) >= 11 is 0. The van der Waals surface area contributed by atoms with Gasteiger partial charge in [-0.3, -0.25) is 4.79 Å². The van der Waals surface area contributed by atoms with Gasteiger partial charge in [-0.05, 0) is 43.0 Å². The maximum absolute atomic E-state index is 12.8. The molecule has 1 aliphatic carbocycles. The first kappa shape index (κ1) is 19.4. The Morgan fingerprint density at radius 3 is 2.90 bits per heavy atom. The molecule has 0 bridgehead atoms. The molecule has 2 aromatic carbocycles. The molecule has 1 unspecified atom stereocenters. The van der Waals surface area contributed by atoms with Gasteiger partial charge in [0.05, 0.1) is 7.11 Å². The lowest BCUT2D eigenvalue weighted by Gasteiger charge is -2.32. The van der Waals surface area contributed by atoms with Crippen molar-refractivity contribution in [3.8, 4) is 11.5 Å². The zero-order valence-corrected chi connectivity index (χ0v) is 17.6. The number of allylic oxidation sites excluding steroid dienone is 2. The van der Waals surface area contributed by atoms with Crippen LogP contribution in [0.3, 0.4) is 0 Å². The number of hydrogen-bond donors (Lipinski definition) is 1. The average molecular weight is 416 g/mol. The highest BCUT2D eigenvalue weighted by atomic mass is 16.5. The van der Waals surface area contributed by atoms with Crippen molar-refractivity contribution in [2.75, 3.05) is 12.4 Å². The third-order valence-electron chi connectivity index (χ3n) is 5.79. The molecule has 31 heavy (non-hydrogen) atoms. The van der Waals surface area contributed by atoms with Gasteiger partial charge in [-0.15, -0.1) is 0 Å². The number of ether oxygens (including phenoxy) is 2. The van der Waals surface area contributed by atoms with Crippen molar-refractivity contribution in [3.63, 3.8) is 0 Å². The monoisotopic (exact) mass is 416 g/mol. The lowest BCUT2D eigenvalue weighted by atomic mass is 9.85. The number of carbonyl (C=O) groups excluding carboxylic acids is 1. The minimum absolute atomic E-state index is 0.152. The second-order valence-electron chi connectivity index (χ2n) is 7.91. The van der Waals surface area contributed by atoms with E-state index in [1.165, 1.54) is 11.9 Å². The molecule has 7 nitrogen and oxygen atoms in total. The number of fused-ring (bicyclic) bond motifs is 1. The van der Waals surface area contributed by atoms with E-state index in [0.29, 0.717) is 30.5 Å². The molecule has 1 N–H and O–H groups in total. The number of hydrogen-bond acceptors (Lipinski definition) is 6. The lowest BCUT2D eigenvalue weighted by molar-refractivity contribution is -0.116. The van der Waals surface area contributed by atoms with E-state index in [1.807, 2.05) is 30.3 Å². The number of aryl methyl sites for hydroxylation is 1. The number of nitrogens with zero attached hydrogens (tertiary/aromatic N) is 3. The quantitative estimate of drug-likeness (QED) is 0.672. The molecule has 1 aliphatic heterocycles. The van der Waals surface area contributed by atoms with E-state index in [-0.39, 0.29) is 11.8 Å². The van der Waals surface area contributed by atoms with E-state index in [9.17, 15) is 4.79 Å². The SMILES string of the molecule is COc1cc(C2C3=C(CCCC3=O)Nc3ncnn32)ccc1OCc1cccc(C)c1. The summed E-state index contributed by atoms with van der Waals surface area (Å²) in [6, 6.07) is 13.7. The van der Waals surface area contributed by atoms with Gasteiger partial charge in [0.25, 0.3) is 0 Å². The van der Waals surface area contributed by atoms with Gasteiger partial charge in [0.2, 0.25) is 5.95 Å². The highest BCUT2D eigenvalue weighted by Gasteiger charge is 2.36. The van der Waals surface area contributed by atoms with Gasteiger partial charge in [0.1, 0.15) is 19.0 Å². The first-order valence-electron chi connectivity index (χ1n) is 10.4. The predicted molar refractivity (Wildman–Crippen MR) is 116 cm³/mol. The van der Waals surface area contributed by atoms with Crippen LogP contribution in [0.2, 0.25) is 0 Å². The number of ketones is 1. The maximum atomic E-state index is 12.8. The Hall–Kier alpha value is -3.61. The molecule has 5 rings (SSSR count). The molecule has 2 aliphatic rings. The number of benzene rings is 2. The molecule has 158 valence electrons. The van der Waals surface area contributed by atoms with Crippen molar-refractivity contribution < 1.29 is 14.3 Å². The number of carbonyl (C=O) groups is 1. The molecule has 0 fully saturated rings. The summed E-state index contributed by atoms with van der Waals surface area (Å²) in [4.78, 5) is 17.2. The Morgan fingerprint density at radius 1 is 1.16 bits per heavy atom. The van der Waals surface area contributed by atoms with Crippen molar-refractivity contribution in [1.29, 1.82) is 0 Å². The molecule has 7 heteroatoms. The van der Waals surface area contributed by atoms with Crippen molar-refractivity contribution in [3.05, 3.63) is 76.8 Å². The van der Waals surface area contributed by atoms with E-state index in [1.54, 1.807) is 11.8 Å². The highest BCUT2D eigenvalue weighted by molar-refractivity contribution is 5.99. The number of nitrogens with one attached hydrogen (secondary N) is 1. The number of rotatable bonds is 5. The number of aromatic nitrogens is 3. The van der Waals surface area contributed by atoms with Gasteiger partial charge in [-0.2, -0.15) is 10.1 Å². The van der Waals surface area contributed by atoms with Crippen molar-refractivity contribution in [2.24, 2.45) is 0 Å². The molecular weight excluding hydrogens is 392 g/mol. The summed E-state index contributed by atoms with van der Waals surface area (Å²) in [5.74, 6) is 2.08. The van der Waals surface area contributed by atoms with Gasteiger partial charge in [0.15, 0.2) is 17.3 Å². The number of Topliss-reactive ketones (excluding diaryl/α,β-unsaturated/α-hetero) is 1. The van der Waals surface area contributed by atoms with Crippen molar-refractivity contribution in [2.45, 2.75) is 38.8 Å². The normalized spacial score (nSPS) is 17.6. The van der Waals surface area contributed by atoms with E-state index in [4.69, 9.17) is 9.47 Å². The van der Waals surface area contributed by atoms with E-state index in [2.05, 4.69) is 34.5 Å². The fourth-order valence-electron chi connectivity index (χ4n) is 4.34. The molecule has 0 saturated heterocycles. The second-order valence-corrected chi connectivity index (χ2v) is 7.91. The topological polar surface area (TPSA) is 78.3 Å². The third-order valence-corrected chi connectivity index (χ3v) is 5.79. The third kappa shape index (κ3) is 3.56. The van der Waals surface area contributed by atoms with E-state index in [0.717, 1.165) is 35.2 Å². The van der Waals surface area contributed by atoms with Crippen LogP contribution in [0.25, 0.3) is 0 Å². The summed E-state index contributed by atoms with van der Waals surface area (Å²) < 4.78 is 13.4. The van der Waals surface area contributed by atoms with E-state index < -0.39 is 0 Å². The Balaban J connectivity index is 1.49. The minimum Gasteiger partial charge on any atom is -0.493 e. The van der Waals surface area contributed by atoms with Gasteiger partial charge in [-0.1, -0.05) is 35.9 Å². The average Bonchev–Trinajstić information content (AvgIpc) is 3.24. The van der Waals surface area contributed by atoms with Crippen molar-refractivity contribution in [1.82, 2.24) is 14.8 Å². The number of methoxy groups -OCH3 is 1. The Labute approximate surface area is 180 Å². The fourth-order valence-corrected chi connectivity index (χ4v) is 4.34. The maximum Gasteiger partial charge on any atom is 0.226 e. The van der Waals surface area contributed by atoms with Crippen LogP contribution in [0, 0.1) is 6.92 Å². The standard InChI is InChI=1S/C24H24N4O3/c1-15-5-3-6-16(11-15)13-31-20-10-9-17(12-21(20)30-2)23-22-18(7-4-8-19(22)29)27-24-25-14-26-28(23)24/h3,5-6,9-12,14,23H,4,7-8,13H2,1-2H3,(H,25,26,27). The second kappa shape index (κ2) is 7.91. The number of anilines is 1. The summed E-state index contributed by atoms with van der Waals surface area (Å²) in [7, 11) is 1.62. The van der Waals surface area contributed by atoms with Crippen LogP contribution < -0.4 is 14.8 Å². The predicted octanol–water partition coefficient (Wildman–Crippen LogP) is 4.20. The summed E-state index contributed by atoms with van der Waals surface area (Å²) in [6.45, 7) is 2.51. The van der Waals surface area contributed by atoms with Crippen LogP contribution in [0.15, 0.2) is 60.1 Å². The van der Waals surface area contributed by atoms with Crippen LogP contribution in [0.1, 0.15) is 42.0 Å². The van der Waals surface area contributed by atoms with Crippen LogP contribution in [-0.2, 0) is 11.4 Å². The molecule has 0 amide bonds. The molecule has 0 spiro atoms. The van der Waals surface area contributed by atoms with Crippen LogP contribution in [0.5, 0.6) is 11.5 Å². The van der Waals surface area contributed by atoms with Gasteiger partial charge >= 0.3 is 0 Å². The summed E-state index contributed by atoms with van der Waals surface area (Å²) in [5.41, 5.74) is 4.91. The largest absolute Gasteiger partial charge is 0.493 e. The fraction of sp³-hybridized carbons (Fsp3) is 0.292. The van der Waals surface area contributed by atoms with E-state index >= 15 is 0 Å².